The fourth-order valence-corrected chi connectivity index (χ4v) is 2.68. The van der Waals surface area contributed by atoms with Crippen LogP contribution in [0.1, 0.15) is 11.1 Å². The van der Waals surface area contributed by atoms with Crippen LogP contribution in [0, 0.1) is 6.92 Å². The Kier molecular flexibility index (Phi) is 5.31. The van der Waals surface area contributed by atoms with Gasteiger partial charge in [-0.1, -0.05) is 35.9 Å². The topological polar surface area (TPSA) is 35.2 Å². The number of hydrogen-bond donors (Lipinski definition) is 1. The molecule has 0 heterocycles. The van der Waals surface area contributed by atoms with Gasteiger partial charge in [-0.25, -0.2) is 0 Å². The van der Waals surface area contributed by atoms with E-state index in [2.05, 4.69) is 31.2 Å². The number of thioether (sulfide) groups is 1. The van der Waals surface area contributed by atoms with Crippen LogP contribution in [0.25, 0.3) is 0 Å². The lowest BCUT2D eigenvalue weighted by Gasteiger charge is -2.10. The second kappa shape index (κ2) is 7.22. The van der Waals surface area contributed by atoms with Crippen molar-refractivity contribution in [1.82, 2.24) is 0 Å². The molecule has 0 fully saturated rings. The zero-order valence-corrected chi connectivity index (χ0v) is 12.0. The third-order valence-corrected chi connectivity index (χ3v) is 3.75. The van der Waals surface area contributed by atoms with E-state index in [0.29, 0.717) is 13.2 Å². The maximum atomic E-state index is 5.78. The monoisotopic (exact) mass is 273 g/mol. The molecule has 3 heteroatoms. The molecule has 2 N–H and O–H groups in total. The summed E-state index contributed by atoms with van der Waals surface area (Å²) in [5.41, 5.74) is 8.03. The van der Waals surface area contributed by atoms with Crippen LogP contribution in [0.15, 0.2) is 53.4 Å². The van der Waals surface area contributed by atoms with Crippen molar-refractivity contribution in [3.05, 3.63) is 59.7 Å². The summed E-state index contributed by atoms with van der Waals surface area (Å²) in [7, 11) is 0. The van der Waals surface area contributed by atoms with E-state index in [-0.39, 0.29) is 0 Å². The molecule has 2 aromatic carbocycles. The summed E-state index contributed by atoms with van der Waals surface area (Å²) in [6.07, 6.45) is 0. The molecule has 2 aromatic rings. The van der Waals surface area contributed by atoms with E-state index in [1.807, 2.05) is 36.0 Å². The van der Waals surface area contributed by atoms with Crippen LogP contribution >= 0.6 is 11.8 Å². The highest BCUT2D eigenvalue weighted by molar-refractivity contribution is 7.99. The van der Waals surface area contributed by atoms with E-state index >= 15 is 0 Å². The van der Waals surface area contributed by atoms with E-state index < -0.39 is 0 Å². The van der Waals surface area contributed by atoms with E-state index in [9.17, 15) is 0 Å². The lowest BCUT2D eigenvalue weighted by Crippen LogP contribution is -2.05. The molecule has 2 rings (SSSR count). The van der Waals surface area contributed by atoms with Crippen LogP contribution in [-0.2, 0) is 6.54 Å². The van der Waals surface area contributed by atoms with Gasteiger partial charge >= 0.3 is 0 Å². The molecule has 0 saturated heterocycles. The maximum absolute atomic E-state index is 5.78. The smallest absolute Gasteiger partial charge is 0.123 e. The van der Waals surface area contributed by atoms with E-state index in [1.54, 1.807) is 0 Å². The minimum absolute atomic E-state index is 0.515. The zero-order chi connectivity index (χ0) is 13.5. The molecule has 0 aromatic heterocycles. The summed E-state index contributed by atoms with van der Waals surface area (Å²) in [5, 5.41) is 0. The van der Waals surface area contributed by atoms with Crippen LogP contribution < -0.4 is 10.5 Å². The first-order chi connectivity index (χ1) is 9.29. The number of ether oxygens (including phenoxy) is 1. The van der Waals surface area contributed by atoms with E-state index in [0.717, 1.165) is 17.1 Å². The van der Waals surface area contributed by atoms with Gasteiger partial charge in [-0.05, 0) is 25.1 Å². The van der Waals surface area contributed by atoms with Gasteiger partial charge in [0.2, 0.25) is 0 Å². The van der Waals surface area contributed by atoms with Gasteiger partial charge in [0.1, 0.15) is 5.75 Å². The van der Waals surface area contributed by atoms with Crippen molar-refractivity contribution in [2.24, 2.45) is 5.73 Å². The molecule has 19 heavy (non-hydrogen) atoms. The molecule has 100 valence electrons. The van der Waals surface area contributed by atoms with Crippen molar-refractivity contribution in [2.45, 2.75) is 18.4 Å². The summed E-state index contributed by atoms with van der Waals surface area (Å²) < 4.78 is 5.78. The predicted molar refractivity (Wildman–Crippen MR) is 81.7 cm³/mol. The second-order valence-electron chi connectivity index (χ2n) is 4.33. The van der Waals surface area contributed by atoms with Gasteiger partial charge in [-0.3, -0.25) is 0 Å². The number of para-hydroxylation sites is 1. The van der Waals surface area contributed by atoms with Crippen molar-refractivity contribution in [2.75, 3.05) is 12.4 Å². The number of rotatable bonds is 6. The molecule has 0 aliphatic carbocycles. The van der Waals surface area contributed by atoms with Crippen LogP contribution in [0.2, 0.25) is 0 Å². The Hall–Kier alpha value is -1.45. The zero-order valence-electron chi connectivity index (χ0n) is 11.1. The molecule has 0 atom stereocenters. The van der Waals surface area contributed by atoms with Crippen molar-refractivity contribution in [1.29, 1.82) is 0 Å². The first-order valence-corrected chi connectivity index (χ1v) is 7.38. The average molecular weight is 273 g/mol. The molecule has 0 unspecified atom stereocenters. The molecule has 0 bridgehead atoms. The molecular weight excluding hydrogens is 254 g/mol. The van der Waals surface area contributed by atoms with Crippen LogP contribution in [-0.4, -0.2) is 12.4 Å². The Morgan fingerprint density at radius 2 is 1.95 bits per heavy atom. The Morgan fingerprint density at radius 3 is 2.74 bits per heavy atom. The van der Waals surface area contributed by atoms with Crippen LogP contribution in [0.5, 0.6) is 5.75 Å². The minimum atomic E-state index is 0.515. The largest absolute Gasteiger partial charge is 0.492 e. The molecule has 0 spiro atoms. The molecule has 0 amide bonds. The summed E-state index contributed by atoms with van der Waals surface area (Å²) >= 11 is 1.81. The molecular formula is C16H19NOS. The summed E-state index contributed by atoms with van der Waals surface area (Å²) in [6, 6.07) is 16.4. The van der Waals surface area contributed by atoms with Gasteiger partial charge in [0.05, 0.1) is 6.61 Å². The third-order valence-electron chi connectivity index (χ3n) is 2.79. The average Bonchev–Trinajstić information content (AvgIpc) is 2.44. The number of nitrogens with two attached hydrogens (primary N) is 1. The number of aryl methyl sites for hydroxylation is 1. The van der Waals surface area contributed by atoms with Gasteiger partial charge < -0.3 is 10.5 Å². The third kappa shape index (κ3) is 4.30. The van der Waals surface area contributed by atoms with Gasteiger partial charge in [0.25, 0.3) is 0 Å². The Bertz CT molecular complexity index is 528. The highest BCUT2D eigenvalue weighted by Gasteiger charge is 2.01. The first kappa shape index (κ1) is 14.0. The molecule has 0 aliphatic heterocycles. The van der Waals surface area contributed by atoms with Crippen molar-refractivity contribution >= 4 is 11.8 Å². The van der Waals surface area contributed by atoms with E-state index in [1.165, 1.54) is 10.5 Å². The van der Waals surface area contributed by atoms with Crippen molar-refractivity contribution < 1.29 is 4.74 Å². The fraction of sp³-hybridized carbons (Fsp3) is 0.250. The number of benzene rings is 2. The predicted octanol–water partition coefficient (Wildman–Crippen LogP) is 3.62. The first-order valence-electron chi connectivity index (χ1n) is 6.40. The minimum Gasteiger partial charge on any atom is -0.492 e. The van der Waals surface area contributed by atoms with Gasteiger partial charge in [-0.15, -0.1) is 11.8 Å². The normalized spacial score (nSPS) is 10.4. The quantitative estimate of drug-likeness (QED) is 0.645. The Balaban J connectivity index is 1.81. The lowest BCUT2D eigenvalue weighted by molar-refractivity contribution is 0.340. The standard InChI is InChI=1S/C16H19NOS/c1-13-5-4-7-15(11-13)19-10-9-18-16-8-3-2-6-14(16)12-17/h2-8,11H,9-10,12,17H2,1H3. The van der Waals surface area contributed by atoms with Gasteiger partial charge in [-0.2, -0.15) is 0 Å². The Morgan fingerprint density at radius 1 is 1.11 bits per heavy atom. The summed E-state index contributed by atoms with van der Waals surface area (Å²) in [6.45, 7) is 3.31. The van der Waals surface area contributed by atoms with Crippen LogP contribution in [0.4, 0.5) is 0 Å². The molecule has 0 saturated carbocycles. The molecule has 2 nitrogen and oxygen atoms in total. The van der Waals surface area contributed by atoms with Gasteiger partial charge in [0.15, 0.2) is 0 Å². The summed E-state index contributed by atoms with van der Waals surface area (Å²) in [4.78, 5) is 1.29. The van der Waals surface area contributed by atoms with Crippen molar-refractivity contribution in [3.63, 3.8) is 0 Å². The fourth-order valence-electron chi connectivity index (χ4n) is 1.83. The van der Waals surface area contributed by atoms with Gasteiger partial charge in [0, 0.05) is 22.8 Å². The second-order valence-corrected chi connectivity index (χ2v) is 5.49. The van der Waals surface area contributed by atoms with Crippen LogP contribution in [0.3, 0.4) is 0 Å². The van der Waals surface area contributed by atoms with E-state index in [4.69, 9.17) is 10.5 Å². The maximum Gasteiger partial charge on any atom is 0.123 e. The molecule has 0 radical (unpaired) electrons. The summed E-state index contributed by atoms with van der Waals surface area (Å²) in [5.74, 6) is 1.83. The lowest BCUT2D eigenvalue weighted by atomic mass is 10.2. The molecule has 0 aliphatic rings. The Labute approximate surface area is 119 Å². The van der Waals surface area contributed by atoms with Crippen molar-refractivity contribution in [3.8, 4) is 5.75 Å². The SMILES string of the molecule is Cc1cccc(SCCOc2ccccc2CN)c1. The number of hydrogen-bond acceptors (Lipinski definition) is 3. The highest BCUT2D eigenvalue weighted by Crippen LogP contribution is 2.20. The highest BCUT2D eigenvalue weighted by atomic mass is 32.2.